The number of hydrogen-bond acceptors (Lipinski definition) is 3. The Morgan fingerprint density at radius 2 is 1.94 bits per heavy atom. The van der Waals surface area contributed by atoms with Crippen LogP contribution < -0.4 is 10.5 Å². The van der Waals surface area contributed by atoms with Gasteiger partial charge >= 0.3 is 0 Å². The zero-order valence-electron chi connectivity index (χ0n) is 9.78. The number of nitrogens with two attached hydrogens (primary N) is 1. The van der Waals surface area contributed by atoms with Gasteiger partial charge in [0.05, 0.1) is 11.4 Å². The first-order chi connectivity index (χ1) is 8.83. The van der Waals surface area contributed by atoms with Crippen LogP contribution in [0.25, 0.3) is 5.65 Å². The third-order valence-electron chi connectivity index (χ3n) is 2.69. The van der Waals surface area contributed by atoms with Gasteiger partial charge < -0.3 is 14.9 Å². The van der Waals surface area contributed by atoms with Crippen LogP contribution in [0.2, 0.25) is 0 Å². The fourth-order valence-corrected chi connectivity index (χ4v) is 1.83. The second-order valence-electron chi connectivity index (χ2n) is 4.03. The number of benzene rings is 1. The second-order valence-corrected chi connectivity index (χ2v) is 4.03. The van der Waals surface area contributed by atoms with Crippen molar-refractivity contribution in [1.82, 2.24) is 9.38 Å². The van der Waals surface area contributed by atoms with Crippen molar-refractivity contribution in [2.45, 2.75) is 6.61 Å². The van der Waals surface area contributed by atoms with E-state index in [0.29, 0.717) is 12.3 Å². The highest BCUT2D eigenvalue weighted by Gasteiger charge is 2.04. The number of imidazole rings is 1. The average Bonchev–Trinajstić information content (AvgIpc) is 2.82. The highest BCUT2D eigenvalue weighted by atomic mass is 16.5. The fraction of sp³-hybridized carbons (Fsp3) is 0.0714. The molecule has 18 heavy (non-hydrogen) atoms. The van der Waals surface area contributed by atoms with Crippen LogP contribution >= 0.6 is 0 Å². The molecular weight excluding hydrogens is 226 g/mol. The molecule has 0 aliphatic heterocycles. The smallest absolute Gasteiger partial charge is 0.160 e. The van der Waals surface area contributed by atoms with Gasteiger partial charge in [-0.25, -0.2) is 4.98 Å². The molecule has 2 heterocycles. The molecule has 0 amide bonds. The van der Waals surface area contributed by atoms with Gasteiger partial charge in [0, 0.05) is 12.4 Å². The Morgan fingerprint density at radius 3 is 2.72 bits per heavy atom. The lowest BCUT2D eigenvalue weighted by atomic mass is 10.3. The summed E-state index contributed by atoms with van der Waals surface area (Å²) in [6.07, 6.45) is 3.85. The van der Waals surface area contributed by atoms with Crippen LogP contribution in [0.4, 0.5) is 5.69 Å². The summed E-state index contributed by atoms with van der Waals surface area (Å²) >= 11 is 0. The minimum atomic E-state index is 0.436. The first-order valence-corrected chi connectivity index (χ1v) is 5.73. The monoisotopic (exact) mass is 239 g/mol. The summed E-state index contributed by atoms with van der Waals surface area (Å²) in [6.45, 7) is 0.436. The summed E-state index contributed by atoms with van der Waals surface area (Å²) in [5, 5.41) is 0. The third kappa shape index (κ3) is 2.00. The van der Waals surface area contributed by atoms with Crippen molar-refractivity contribution < 1.29 is 4.74 Å². The molecule has 0 saturated heterocycles. The number of hydrogen-bond donors (Lipinski definition) is 1. The van der Waals surface area contributed by atoms with E-state index in [2.05, 4.69) is 4.98 Å². The first kappa shape index (κ1) is 10.7. The van der Waals surface area contributed by atoms with E-state index in [1.807, 2.05) is 59.3 Å². The quantitative estimate of drug-likeness (QED) is 0.764. The van der Waals surface area contributed by atoms with Gasteiger partial charge in [-0.2, -0.15) is 0 Å². The Labute approximate surface area is 105 Å². The first-order valence-electron chi connectivity index (χ1n) is 5.73. The van der Waals surface area contributed by atoms with Gasteiger partial charge in [-0.05, 0) is 24.3 Å². The van der Waals surface area contributed by atoms with Gasteiger partial charge in [-0.1, -0.05) is 18.2 Å². The zero-order valence-corrected chi connectivity index (χ0v) is 9.78. The zero-order chi connectivity index (χ0) is 12.4. The standard InChI is InChI=1S/C14H13N3O/c15-13-7-4-8-17-9-11(16-14(13)17)10-18-12-5-2-1-3-6-12/h1-9H,10,15H2. The largest absolute Gasteiger partial charge is 0.487 e. The van der Waals surface area contributed by atoms with Crippen molar-refractivity contribution in [1.29, 1.82) is 0 Å². The normalized spacial score (nSPS) is 10.7. The van der Waals surface area contributed by atoms with E-state index in [1.165, 1.54) is 0 Å². The molecule has 0 unspecified atom stereocenters. The Morgan fingerprint density at radius 1 is 1.11 bits per heavy atom. The molecule has 4 heteroatoms. The minimum absolute atomic E-state index is 0.436. The highest BCUT2D eigenvalue weighted by molar-refractivity contribution is 5.64. The van der Waals surface area contributed by atoms with Gasteiger partial charge in [0.1, 0.15) is 12.4 Å². The molecule has 0 bridgehead atoms. The Hall–Kier alpha value is -2.49. The van der Waals surface area contributed by atoms with Gasteiger partial charge in [0.25, 0.3) is 0 Å². The molecule has 0 aliphatic rings. The summed E-state index contributed by atoms with van der Waals surface area (Å²) in [6, 6.07) is 13.4. The summed E-state index contributed by atoms with van der Waals surface area (Å²) in [7, 11) is 0. The molecule has 0 radical (unpaired) electrons. The molecule has 0 spiro atoms. The predicted molar refractivity (Wildman–Crippen MR) is 70.4 cm³/mol. The lowest BCUT2D eigenvalue weighted by Crippen LogP contribution is -1.95. The van der Waals surface area contributed by atoms with Gasteiger partial charge in [-0.15, -0.1) is 0 Å². The number of ether oxygens (including phenoxy) is 1. The molecule has 2 aromatic heterocycles. The third-order valence-corrected chi connectivity index (χ3v) is 2.69. The summed E-state index contributed by atoms with van der Waals surface area (Å²) in [5.41, 5.74) is 8.15. The highest BCUT2D eigenvalue weighted by Crippen LogP contribution is 2.15. The molecule has 3 aromatic rings. The number of rotatable bonds is 3. The summed E-state index contributed by atoms with van der Waals surface area (Å²) in [4.78, 5) is 4.44. The molecule has 1 aromatic carbocycles. The van der Waals surface area contributed by atoms with E-state index >= 15 is 0 Å². The number of fused-ring (bicyclic) bond motifs is 1. The Bertz CT molecular complexity index is 661. The number of pyridine rings is 1. The van der Waals surface area contributed by atoms with Crippen molar-refractivity contribution in [2.24, 2.45) is 0 Å². The van der Waals surface area contributed by atoms with Crippen LogP contribution in [0.3, 0.4) is 0 Å². The van der Waals surface area contributed by atoms with Crippen molar-refractivity contribution in [2.75, 3.05) is 5.73 Å². The van der Waals surface area contributed by atoms with E-state index in [9.17, 15) is 0 Å². The SMILES string of the molecule is Nc1cccn2cc(COc3ccccc3)nc12. The van der Waals surface area contributed by atoms with Crippen LogP contribution in [0, 0.1) is 0 Å². The Balaban J connectivity index is 1.81. The van der Waals surface area contributed by atoms with Crippen LogP contribution in [-0.2, 0) is 6.61 Å². The van der Waals surface area contributed by atoms with Crippen LogP contribution in [0.15, 0.2) is 54.9 Å². The molecule has 0 fully saturated rings. The number of para-hydroxylation sites is 1. The van der Waals surface area contributed by atoms with Crippen LogP contribution in [0.5, 0.6) is 5.75 Å². The molecule has 4 nitrogen and oxygen atoms in total. The number of aromatic nitrogens is 2. The predicted octanol–water partition coefficient (Wildman–Crippen LogP) is 2.50. The summed E-state index contributed by atoms with van der Waals surface area (Å²) < 4.78 is 7.55. The minimum Gasteiger partial charge on any atom is -0.487 e. The maximum atomic E-state index is 5.85. The molecule has 90 valence electrons. The van der Waals surface area contributed by atoms with Crippen molar-refractivity contribution in [3.63, 3.8) is 0 Å². The number of anilines is 1. The average molecular weight is 239 g/mol. The summed E-state index contributed by atoms with van der Waals surface area (Å²) in [5.74, 6) is 0.836. The fourth-order valence-electron chi connectivity index (χ4n) is 1.83. The maximum absolute atomic E-state index is 5.85. The lowest BCUT2D eigenvalue weighted by molar-refractivity contribution is 0.302. The maximum Gasteiger partial charge on any atom is 0.160 e. The lowest BCUT2D eigenvalue weighted by Gasteiger charge is -2.02. The van der Waals surface area contributed by atoms with Crippen LogP contribution in [0.1, 0.15) is 5.69 Å². The Kier molecular flexibility index (Phi) is 2.61. The molecule has 3 rings (SSSR count). The topological polar surface area (TPSA) is 52.5 Å². The van der Waals surface area contributed by atoms with Gasteiger partial charge in [0.15, 0.2) is 5.65 Å². The van der Waals surface area contributed by atoms with E-state index in [1.54, 1.807) is 0 Å². The van der Waals surface area contributed by atoms with E-state index < -0.39 is 0 Å². The van der Waals surface area contributed by atoms with Crippen LogP contribution in [-0.4, -0.2) is 9.38 Å². The number of nitrogens with zero attached hydrogens (tertiary/aromatic N) is 2. The second kappa shape index (κ2) is 4.41. The van der Waals surface area contributed by atoms with Crippen molar-refractivity contribution in [3.8, 4) is 5.75 Å². The molecule has 0 atom stereocenters. The van der Waals surface area contributed by atoms with E-state index in [0.717, 1.165) is 17.1 Å². The van der Waals surface area contributed by atoms with E-state index in [-0.39, 0.29) is 0 Å². The van der Waals surface area contributed by atoms with E-state index in [4.69, 9.17) is 10.5 Å². The van der Waals surface area contributed by atoms with Crippen molar-refractivity contribution >= 4 is 11.3 Å². The molecular formula is C14H13N3O. The molecule has 0 saturated carbocycles. The number of nitrogen functional groups attached to an aromatic ring is 1. The van der Waals surface area contributed by atoms with Crippen molar-refractivity contribution in [3.05, 3.63) is 60.6 Å². The van der Waals surface area contributed by atoms with Gasteiger partial charge in [0.2, 0.25) is 0 Å². The molecule has 2 N–H and O–H groups in total. The van der Waals surface area contributed by atoms with Gasteiger partial charge in [-0.3, -0.25) is 0 Å². The molecule has 0 aliphatic carbocycles.